The number of para-hydroxylation sites is 2. The molecule has 5 nitrogen and oxygen atoms in total. The van der Waals surface area contributed by atoms with Gasteiger partial charge in [0.05, 0.1) is 23.0 Å². The van der Waals surface area contributed by atoms with E-state index in [1.165, 1.54) is 0 Å². The highest BCUT2D eigenvalue weighted by atomic mass is 35.5. The van der Waals surface area contributed by atoms with Gasteiger partial charge < -0.3 is 9.67 Å². The summed E-state index contributed by atoms with van der Waals surface area (Å²) < 4.78 is 1.69. The quantitative estimate of drug-likeness (QED) is 0.437. The summed E-state index contributed by atoms with van der Waals surface area (Å²) in [7, 11) is 0. The topological polar surface area (TPSA) is 57.8 Å². The second-order valence-corrected chi connectivity index (χ2v) is 8.22. The monoisotopic (exact) mass is 443 g/mol. The molecule has 0 fully saturated rings. The van der Waals surface area contributed by atoms with E-state index >= 15 is 0 Å². The Balaban J connectivity index is 1.69. The molecule has 1 atom stereocenters. The van der Waals surface area contributed by atoms with Gasteiger partial charge >= 0.3 is 0 Å². The number of nitrogens with zero attached hydrogens (tertiary/aromatic N) is 3. The van der Waals surface area contributed by atoms with Crippen LogP contribution in [0.1, 0.15) is 30.5 Å². The third kappa shape index (κ3) is 3.35. The molecule has 1 aromatic heterocycles. The van der Waals surface area contributed by atoms with Crippen LogP contribution in [0.2, 0.25) is 5.02 Å². The number of hydrazone groups is 1. The number of hydrogen-bond donors (Lipinski definition) is 1. The summed E-state index contributed by atoms with van der Waals surface area (Å²) in [6.07, 6.45) is 0.487. The SMILES string of the molecule is CCn1c(=O)c(C2=NN(c3ccccc3)C(c3ccc(Cl)cc3)C2)c(O)c2ccccc21. The molecule has 6 heteroatoms. The van der Waals surface area contributed by atoms with E-state index in [-0.39, 0.29) is 22.9 Å². The van der Waals surface area contributed by atoms with Crippen LogP contribution in [-0.2, 0) is 6.54 Å². The van der Waals surface area contributed by atoms with Gasteiger partial charge in [0.25, 0.3) is 5.56 Å². The van der Waals surface area contributed by atoms with E-state index in [1.54, 1.807) is 4.57 Å². The largest absolute Gasteiger partial charge is 0.506 e. The van der Waals surface area contributed by atoms with Crippen molar-refractivity contribution in [2.45, 2.75) is 25.9 Å². The Morgan fingerprint density at radius 1 is 1.00 bits per heavy atom. The van der Waals surface area contributed by atoms with Crippen molar-refractivity contribution in [1.29, 1.82) is 0 Å². The number of fused-ring (bicyclic) bond motifs is 1. The number of aryl methyl sites for hydroxylation is 1. The maximum atomic E-state index is 13.4. The Bertz CT molecular complexity index is 1380. The van der Waals surface area contributed by atoms with Gasteiger partial charge in [-0.25, -0.2) is 0 Å². The second-order valence-electron chi connectivity index (χ2n) is 7.79. The Morgan fingerprint density at radius 2 is 1.69 bits per heavy atom. The van der Waals surface area contributed by atoms with Gasteiger partial charge in [-0.1, -0.05) is 54.1 Å². The summed E-state index contributed by atoms with van der Waals surface area (Å²) in [6, 6.07) is 24.8. The van der Waals surface area contributed by atoms with Crippen molar-refractivity contribution in [3.05, 3.63) is 105 Å². The lowest BCUT2D eigenvalue weighted by molar-refractivity contribution is 0.477. The van der Waals surface area contributed by atoms with Crippen molar-refractivity contribution in [3.63, 3.8) is 0 Å². The number of pyridine rings is 1. The van der Waals surface area contributed by atoms with Gasteiger partial charge in [0.2, 0.25) is 0 Å². The third-order valence-electron chi connectivity index (χ3n) is 5.94. The first-order valence-corrected chi connectivity index (χ1v) is 11.0. The van der Waals surface area contributed by atoms with Crippen LogP contribution in [0.4, 0.5) is 5.69 Å². The van der Waals surface area contributed by atoms with Gasteiger partial charge in [-0.3, -0.25) is 9.80 Å². The van der Waals surface area contributed by atoms with Crippen LogP contribution in [-0.4, -0.2) is 15.4 Å². The van der Waals surface area contributed by atoms with Gasteiger partial charge in [-0.2, -0.15) is 5.10 Å². The van der Waals surface area contributed by atoms with Gasteiger partial charge in [-0.15, -0.1) is 0 Å². The van der Waals surface area contributed by atoms with E-state index in [1.807, 2.05) is 90.8 Å². The number of hydrogen-bond acceptors (Lipinski definition) is 4. The smallest absolute Gasteiger partial charge is 0.264 e. The minimum atomic E-state index is -0.229. The average molecular weight is 444 g/mol. The molecule has 2 heterocycles. The van der Waals surface area contributed by atoms with Crippen LogP contribution in [0.15, 0.2) is 88.8 Å². The molecule has 4 aromatic rings. The number of aromatic hydroxyl groups is 1. The van der Waals surface area contributed by atoms with Crippen molar-refractivity contribution in [2.24, 2.45) is 5.10 Å². The van der Waals surface area contributed by atoms with Gasteiger partial charge in [0.1, 0.15) is 11.3 Å². The van der Waals surface area contributed by atoms with Gasteiger partial charge in [0, 0.05) is 23.4 Å². The number of aromatic nitrogens is 1. The molecule has 0 aliphatic carbocycles. The highest BCUT2D eigenvalue weighted by molar-refractivity contribution is 6.30. The predicted octanol–water partition coefficient (Wildman–Crippen LogP) is 5.74. The standard InChI is InChI=1S/C26H22ClN3O2/c1-2-29-22-11-7-6-10-20(22)25(31)24(26(29)32)21-16-23(17-12-14-18(27)15-13-17)30(28-21)19-8-4-3-5-9-19/h3-15,23,31H,2,16H2,1H3. The number of anilines is 1. The van der Waals surface area contributed by atoms with Crippen molar-refractivity contribution >= 4 is 33.9 Å². The summed E-state index contributed by atoms with van der Waals surface area (Å²) in [5, 5.41) is 19.2. The maximum absolute atomic E-state index is 13.4. The molecule has 0 amide bonds. The van der Waals surface area contributed by atoms with Crippen molar-refractivity contribution in [1.82, 2.24) is 4.57 Å². The van der Waals surface area contributed by atoms with Crippen LogP contribution < -0.4 is 10.6 Å². The molecule has 0 spiro atoms. The first kappa shape index (κ1) is 20.3. The molecule has 0 radical (unpaired) electrons. The zero-order chi connectivity index (χ0) is 22.2. The fourth-order valence-corrected chi connectivity index (χ4v) is 4.51. The molecule has 1 N–H and O–H groups in total. The minimum absolute atomic E-state index is 0.0150. The summed E-state index contributed by atoms with van der Waals surface area (Å²) >= 11 is 6.11. The van der Waals surface area contributed by atoms with Gasteiger partial charge in [-0.05, 0) is 48.9 Å². The molecule has 1 unspecified atom stereocenters. The predicted molar refractivity (Wildman–Crippen MR) is 130 cm³/mol. The van der Waals surface area contributed by atoms with Crippen LogP contribution in [0, 0.1) is 0 Å². The van der Waals surface area contributed by atoms with Crippen LogP contribution in [0.3, 0.4) is 0 Å². The third-order valence-corrected chi connectivity index (χ3v) is 6.19. The Hall–Kier alpha value is -3.57. The Kier molecular flexibility index (Phi) is 5.19. The maximum Gasteiger partial charge on any atom is 0.264 e. The minimum Gasteiger partial charge on any atom is -0.506 e. The number of benzene rings is 3. The van der Waals surface area contributed by atoms with Crippen LogP contribution >= 0.6 is 11.6 Å². The number of rotatable bonds is 4. The first-order chi connectivity index (χ1) is 15.6. The normalized spacial score (nSPS) is 15.9. The molecular weight excluding hydrogens is 422 g/mol. The summed E-state index contributed by atoms with van der Waals surface area (Å²) in [5.41, 5.74) is 3.28. The average Bonchev–Trinajstić information content (AvgIpc) is 3.25. The lowest BCUT2D eigenvalue weighted by atomic mass is 9.97. The molecule has 1 aliphatic rings. The Morgan fingerprint density at radius 3 is 2.41 bits per heavy atom. The zero-order valence-corrected chi connectivity index (χ0v) is 18.3. The summed E-state index contributed by atoms with van der Waals surface area (Å²) in [5.74, 6) is -0.0150. The Labute approximate surface area is 190 Å². The van der Waals surface area contributed by atoms with Crippen molar-refractivity contribution < 1.29 is 5.11 Å². The lowest BCUT2D eigenvalue weighted by Gasteiger charge is -2.24. The molecule has 3 aromatic carbocycles. The first-order valence-electron chi connectivity index (χ1n) is 10.6. The lowest BCUT2D eigenvalue weighted by Crippen LogP contribution is -2.26. The molecule has 0 bridgehead atoms. The molecule has 0 saturated heterocycles. The van der Waals surface area contributed by atoms with E-state index in [9.17, 15) is 9.90 Å². The molecular formula is C26H22ClN3O2. The molecule has 32 heavy (non-hydrogen) atoms. The molecule has 1 aliphatic heterocycles. The summed E-state index contributed by atoms with van der Waals surface area (Å²) in [6.45, 7) is 2.43. The fraction of sp³-hybridized carbons (Fsp3) is 0.154. The number of halogens is 1. The zero-order valence-electron chi connectivity index (χ0n) is 17.6. The van der Waals surface area contributed by atoms with Gasteiger partial charge in [0.15, 0.2) is 0 Å². The van der Waals surface area contributed by atoms with Crippen LogP contribution in [0.5, 0.6) is 5.75 Å². The molecule has 0 saturated carbocycles. The van der Waals surface area contributed by atoms with E-state index in [0.717, 1.165) is 11.3 Å². The fourth-order valence-electron chi connectivity index (χ4n) is 4.39. The van der Waals surface area contributed by atoms with Crippen molar-refractivity contribution in [2.75, 3.05) is 5.01 Å². The van der Waals surface area contributed by atoms with Crippen molar-refractivity contribution in [3.8, 4) is 5.75 Å². The molecule has 160 valence electrons. The summed E-state index contributed by atoms with van der Waals surface area (Å²) in [4.78, 5) is 13.4. The van der Waals surface area contributed by atoms with E-state index in [4.69, 9.17) is 16.7 Å². The van der Waals surface area contributed by atoms with E-state index in [0.29, 0.717) is 34.6 Å². The second kappa shape index (κ2) is 8.17. The highest BCUT2D eigenvalue weighted by Gasteiger charge is 2.33. The van der Waals surface area contributed by atoms with E-state index in [2.05, 4.69) is 0 Å². The molecule has 5 rings (SSSR count). The van der Waals surface area contributed by atoms with E-state index < -0.39 is 0 Å². The highest BCUT2D eigenvalue weighted by Crippen LogP contribution is 2.38. The van der Waals surface area contributed by atoms with Crippen LogP contribution in [0.25, 0.3) is 10.9 Å².